The number of carbonyl (C=O) groups excluding carboxylic acids is 2. The predicted octanol–water partition coefficient (Wildman–Crippen LogP) is 10.9. The van der Waals surface area contributed by atoms with Crippen molar-refractivity contribution in [3.8, 4) is 23.3 Å². The van der Waals surface area contributed by atoms with Crippen molar-refractivity contribution >= 4 is 78.3 Å². The zero-order valence-electron chi connectivity index (χ0n) is 43.2. The summed E-state index contributed by atoms with van der Waals surface area (Å²) in [6.07, 6.45) is 5.45. The van der Waals surface area contributed by atoms with Gasteiger partial charge in [-0.25, -0.2) is 9.97 Å². The monoisotopic (exact) mass is 1050 g/mol. The molecule has 7 aromatic rings. The highest BCUT2D eigenvalue weighted by atomic mass is 32.2. The van der Waals surface area contributed by atoms with Crippen LogP contribution in [0.15, 0.2) is 113 Å². The van der Waals surface area contributed by atoms with E-state index in [9.17, 15) is 9.59 Å². The summed E-state index contributed by atoms with van der Waals surface area (Å²) in [4.78, 5) is 46.7. The minimum Gasteiger partial charge on any atom is -0.494 e. The predicted molar refractivity (Wildman–Crippen MR) is 299 cm³/mol. The highest BCUT2D eigenvalue weighted by Gasteiger charge is 2.31. The fourth-order valence-electron chi connectivity index (χ4n) is 10.0. The van der Waals surface area contributed by atoms with Gasteiger partial charge >= 0.3 is 11.9 Å². The summed E-state index contributed by atoms with van der Waals surface area (Å²) in [5.74, 6) is 2.33. The lowest BCUT2D eigenvalue weighted by Gasteiger charge is -2.37. The van der Waals surface area contributed by atoms with Crippen LogP contribution in [0.1, 0.15) is 57.9 Å². The highest BCUT2D eigenvalue weighted by Crippen LogP contribution is 2.38. The fraction of sp³-hybridized carbons (Fsp3) is 0.424. The molecule has 6 heterocycles. The summed E-state index contributed by atoms with van der Waals surface area (Å²) in [6.45, 7) is 14.7. The average Bonchev–Trinajstić information content (AvgIpc) is 4.14. The number of ether oxygens (including phenoxy) is 6. The number of aromatic nitrogens is 2. The second-order valence-electron chi connectivity index (χ2n) is 20.1. The number of hydrogen-bond acceptors (Lipinski definition) is 16. The number of carbonyl (C=O) groups is 2. The quantitative estimate of drug-likeness (QED) is 0.0323. The maximum atomic E-state index is 13.1. The molecule has 0 bridgehead atoms. The lowest BCUT2D eigenvalue weighted by Crippen LogP contribution is -2.47. The molecule has 3 aromatic heterocycles. The number of nitrogens with zero attached hydrogens (tertiary/aromatic N) is 6. The van der Waals surface area contributed by atoms with Gasteiger partial charge in [0.1, 0.15) is 11.5 Å². The summed E-state index contributed by atoms with van der Waals surface area (Å²) in [5.41, 5.74) is 4.79. The molecule has 0 unspecified atom stereocenters. The number of fused-ring (bicyclic) bond motifs is 4. The van der Waals surface area contributed by atoms with Crippen LogP contribution >= 0.6 is 23.1 Å². The molecular weight excluding hydrogens is 985 g/mol. The van der Waals surface area contributed by atoms with Crippen molar-refractivity contribution in [2.45, 2.75) is 63.7 Å². The van der Waals surface area contributed by atoms with Crippen LogP contribution in [-0.2, 0) is 25.5 Å². The van der Waals surface area contributed by atoms with Crippen molar-refractivity contribution in [1.82, 2.24) is 19.8 Å². The van der Waals surface area contributed by atoms with Crippen molar-refractivity contribution in [2.24, 2.45) is 5.41 Å². The topological polar surface area (TPSA) is 128 Å². The Balaban J connectivity index is 0.577. The van der Waals surface area contributed by atoms with Gasteiger partial charge in [0.05, 0.1) is 29.7 Å². The summed E-state index contributed by atoms with van der Waals surface area (Å²) < 4.78 is 35.8. The highest BCUT2D eigenvalue weighted by molar-refractivity contribution is 7.99. The van der Waals surface area contributed by atoms with E-state index in [0.717, 1.165) is 119 Å². The number of esters is 2. The number of hydrogen-bond donors (Lipinski definition) is 0. The molecule has 0 amide bonds. The molecule has 0 N–H and O–H groups in total. The molecule has 0 aliphatic carbocycles. The summed E-state index contributed by atoms with van der Waals surface area (Å²) in [5, 5.41) is 5.42. The summed E-state index contributed by atoms with van der Waals surface area (Å²) in [6, 6.07) is 34.6. The molecular formula is C59H68N6O8S2. The molecule has 2 fully saturated rings. The molecule has 10 rings (SSSR count). The van der Waals surface area contributed by atoms with Gasteiger partial charge in [-0.05, 0) is 143 Å². The Morgan fingerprint density at radius 1 is 0.613 bits per heavy atom. The van der Waals surface area contributed by atoms with Crippen molar-refractivity contribution in [1.29, 1.82) is 0 Å². The van der Waals surface area contributed by atoms with Gasteiger partial charge in [-0.3, -0.25) is 19.4 Å². The van der Waals surface area contributed by atoms with Crippen LogP contribution in [0, 0.1) is 5.41 Å². The maximum Gasteiger partial charge on any atom is 0.314 e. The maximum absolute atomic E-state index is 13.1. The number of thioether (sulfide) groups is 1. The van der Waals surface area contributed by atoms with E-state index >= 15 is 0 Å². The van der Waals surface area contributed by atoms with Gasteiger partial charge < -0.3 is 38.2 Å². The third kappa shape index (κ3) is 13.8. The van der Waals surface area contributed by atoms with Crippen LogP contribution < -0.4 is 28.7 Å². The van der Waals surface area contributed by atoms with E-state index in [4.69, 9.17) is 28.4 Å². The molecule has 0 radical (unpaired) electrons. The number of thiophene rings is 1. The van der Waals surface area contributed by atoms with Gasteiger partial charge in [-0.2, -0.15) is 0 Å². The number of rotatable bonds is 24. The van der Waals surface area contributed by atoms with Crippen LogP contribution in [-0.4, -0.2) is 130 Å². The second-order valence-corrected chi connectivity index (χ2v) is 22.2. The third-order valence-corrected chi connectivity index (χ3v) is 16.5. The van der Waals surface area contributed by atoms with E-state index in [-0.39, 0.29) is 26.4 Å². The lowest BCUT2D eigenvalue weighted by atomic mass is 9.88. The minimum absolute atomic E-state index is 0.00793. The van der Waals surface area contributed by atoms with E-state index in [2.05, 4.69) is 77.4 Å². The summed E-state index contributed by atoms with van der Waals surface area (Å²) in [7, 11) is 0. The summed E-state index contributed by atoms with van der Waals surface area (Å²) >= 11 is 3.78. The third-order valence-electron chi connectivity index (χ3n) is 14.5. The zero-order chi connectivity index (χ0) is 51.4. The number of benzene rings is 4. The van der Waals surface area contributed by atoms with Gasteiger partial charge in [0.25, 0.3) is 0 Å². The van der Waals surface area contributed by atoms with Crippen molar-refractivity contribution < 1.29 is 38.0 Å². The first kappa shape index (κ1) is 52.1. The van der Waals surface area contributed by atoms with Crippen LogP contribution in [0.2, 0.25) is 0 Å². The van der Waals surface area contributed by atoms with Gasteiger partial charge in [0.15, 0.2) is 0 Å². The standard InChI is InChI=1S/C59H68N6O8S2/c1-59(2,58(67)73-42-71-56-20-16-44-14-18-46(40-50(44)61-56)69-36-6-4-26-63-29-33-65(34-30-63)52-10-8-12-54-48(52)23-38-75-54)24-21-57(66)72-41-70-55-19-15-43-13-17-45(39-49(43)60-55)68-35-5-3-25-62-27-31-64(32-28-62)51-9-7-11-53-47(51)22-37-74-53/h7-20,23,38-40H,3-6,21-22,24-37,41-42H2,1-2H3. The SMILES string of the molecule is CC(C)(CCC(=O)OCOc1ccc2ccc(OCCCCN3CCN(c4cccc5c4CCS5)CC3)cc2n1)C(=O)OCOc1ccc2ccc(OCCCCN3CCN(c4cccc5sccc45)CC3)cc2n1. The van der Waals surface area contributed by atoms with Gasteiger partial charge in [0.2, 0.25) is 25.3 Å². The average molecular weight is 1050 g/mol. The first-order chi connectivity index (χ1) is 36.7. The Bertz CT molecular complexity index is 3050. The van der Waals surface area contributed by atoms with Gasteiger partial charge in [0, 0.05) is 126 Å². The van der Waals surface area contributed by atoms with Crippen LogP contribution in [0.3, 0.4) is 0 Å². The largest absolute Gasteiger partial charge is 0.494 e. The van der Waals surface area contributed by atoms with Crippen LogP contribution in [0.5, 0.6) is 23.3 Å². The van der Waals surface area contributed by atoms with Gasteiger partial charge in [-0.1, -0.05) is 12.1 Å². The molecule has 2 saturated heterocycles. The molecule has 394 valence electrons. The van der Waals surface area contributed by atoms with Crippen molar-refractivity contribution in [3.63, 3.8) is 0 Å². The van der Waals surface area contributed by atoms with E-state index in [1.807, 2.05) is 60.3 Å². The normalized spacial score (nSPS) is 15.3. The fourth-order valence-corrected chi connectivity index (χ4v) is 11.9. The zero-order valence-corrected chi connectivity index (χ0v) is 44.8. The Kier molecular flexibility index (Phi) is 17.4. The van der Waals surface area contributed by atoms with Crippen LogP contribution in [0.25, 0.3) is 31.9 Å². The minimum atomic E-state index is -0.973. The number of piperazine rings is 2. The molecule has 3 aliphatic rings. The molecule has 75 heavy (non-hydrogen) atoms. The molecule has 0 saturated carbocycles. The van der Waals surface area contributed by atoms with E-state index in [0.29, 0.717) is 30.5 Å². The van der Waals surface area contributed by atoms with Gasteiger partial charge in [-0.15, -0.1) is 23.1 Å². The Hall–Kier alpha value is -6.33. The van der Waals surface area contributed by atoms with Crippen LogP contribution in [0.4, 0.5) is 11.4 Å². The molecule has 3 aliphatic heterocycles. The Morgan fingerprint density at radius 2 is 1.19 bits per heavy atom. The Morgan fingerprint density at radius 3 is 1.83 bits per heavy atom. The lowest BCUT2D eigenvalue weighted by molar-refractivity contribution is -0.162. The second kappa shape index (κ2) is 25.0. The molecule has 4 aromatic carbocycles. The van der Waals surface area contributed by atoms with E-state index in [1.54, 1.807) is 42.9 Å². The molecule has 0 spiro atoms. The molecule has 14 nitrogen and oxygen atoms in total. The molecule has 0 atom stereocenters. The van der Waals surface area contributed by atoms with E-state index in [1.165, 1.54) is 38.5 Å². The molecule has 16 heteroatoms. The first-order valence-corrected chi connectivity index (χ1v) is 28.4. The number of anilines is 2. The van der Waals surface area contributed by atoms with Crippen molar-refractivity contribution in [2.75, 3.05) is 108 Å². The Labute approximate surface area is 448 Å². The van der Waals surface area contributed by atoms with Crippen molar-refractivity contribution in [3.05, 3.63) is 114 Å². The van der Waals surface area contributed by atoms with E-state index < -0.39 is 17.4 Å². The number of unbranched alkanes of at least 4 members (excludes halogenated alkanes) is 2. The smallest absolute Gasteiger partial charge is 0.314 e. The number of pyridine rings is 2. The first-order valence-electron chi connectivity index (χ1n) is 26.5.